The molecule has 3 nitrogen and oxygen atoms in total. The molecule has 1 rings (SSSR count). The van der Waals surface area contributed by atoms with Crippen LogP contribution in [-0.4, -0.2) is 42.0 Å². The normalized spacial score (nSPS) is 13.2. The van der Waals surface area contributed by atoms with Crippen molar-refractivity contribution in [2.75, 3.05) is 33.9 Å². The predicted molar refractivity (Wildman–Crippen MR) is 93.1 cm³/mol. The molecular weight excluding hydrogens is 278 g/mol. The Morgan fingerprint density at radius 3 is 2.57 bits per heavy atom. The average Bonchev–Trinajstić information content (AvgIpc) is 2.42. The summed E-state index contributed by atoms with van der Waals surface area (Å²) in [5.41, 5.74) is 1.37. The van der Waals surface area contributed by atoms with Gasteiger partial charge in [0.1, 0.15) is 5.75 Å². The second-order valence-corrected chi connectivity index (χ2v) is 12.4. The molecule has 0 bridgehead atoms. The highest BCUT2D eigenvalue weighted by Crippen LogP contribution is 2.22. The lowest BCUT2D eigenvalue weighted by atomic mass is 10.0. The van der Waals surface area contributed by atoms with Crippen molar-refractivity contribution in [2.45, 2.75) is 32.1 Å². The van der Waals surface area contributed by atoms with E-state index in [-0.39, 0.29) is 0 Å². The Morgan fingerprint density at radius 1 is 1.19 bits per heavy atom. The molecule has 0 saturated heterocycles. The van der Waals surface area contributed by atoms with Crippen LogP contribution in [0.1, 0.15) is 5.56 Å². The maximum Gasteiger partial charge on any atom is 0.119 e. The summed E-state index contributed by atoms with van der Waals surface area (Å²) in [6, 6.07) is 9.79. The van der Waals surface area contributed by atoms with Crippen LogP contribution >= 0.6 is 0 Å². The fourth-order valence-corrected chi connectivity index (χ4v) is 4.72. The molecule has 21 heavy (non-hydrogen) atoms. The Morgan fingerprint density at radius 2 is 1.95 bits per heavy atom. The minimum Gasteiger partial charge on any atom is -0.497 e. The Kier molecular flexibility index (Phi) is 8.00. The van der Waals surface area contributed by atoms with E-state index in [1.807, 2.05) is 6.07 Å². The maximum atomic E-state index is 5.33. The Hall–Kier alpha value is -0.843. The van der Waals surface area contributed by atoms with Crippen molar-refractivity contribution in [1.29, 1.82) is 0 Å². The van der Waals surface area contributed by atoms with Gasteiger partial charge in [-0.25, -0.2) is 0 Å². The summed E-state index contributed by atoms with van der Waals surface area (Å²) in [6.45, 7) is 10.1. The van der Waals surface area contributed by atoms with Crippen LogP contribution in [0.15, 0.2) is 24.3 Å². The summed E-state index contributed by atoms with van der Waals surface area (Å²) >= 11 is 0. The average molecular weight is 310 g/mol. The molecule has 0 aromatic heterocycles. The van der Waals surface area contributed by atoms with Gasteiger partial charge in [0.15, 0.2) is 0 Å². The smallest absolute Gasteiger partial charge is 0.119 e. The molecule has 0 aliphatic heterocycles. The van der Waals surface area contributed by atoms with E-state index in [1.165, 1.54) is 11.6 Å². The molecule has 0 radical (unpaired) electrons. The maximum absolute atomic E-state index is 5.33. The third-order valence-corrected chi connectivity index (χ3v) is 5.28. The first kappa shape index (κ1) is 18.2. The molecule has 0 aliphatic carbocycles. The zero-order valence-corrected chi connectivity index (χ0v) is 15.2. The molecule has 4 heteroatoms. The number of benzene rings is 1. The van der Waals surface area contributed by atoms with Gasteiger partial charge in [0.05, 0.1) is 13.7 Å². The number of methoxy groups -OCH3 is 2. The number of hydrogen-bond donors (Lipinski definition) is 1. The van der Waals surface area contributed by atoms with Crippen molar-refractivity contribution >= 4 is 8.07 Å². The van der Waals surface area contributed by atoms with E-state index in [2.05, 4.69) is 43.2 Å². The molecule has 1 unspecified atom stereocenters. The SMILES string of the molecule is COCCNCC(Cc1cccc(OC)c1)C[Si](C)(C)C. The lowest BCUT2D eigenvalue weighted by Crippen LogP contribution is -2.33. The van der Waals surface area contributed by atoms with Gasteiger partial charge in [-0.2, -0.15) is 0 Å². The Labute approximate surface area is 131 Å². The highest BCUT2D eigenvalue weighted by Gasteiger charge is 2.20. The lowest BCUT2D eigenvalue weighted by molar-refractivity contribution is 0.198. The van der Waals surface area contributed by atoms with Crippen LogP contribution < -0.4 is 10.1 Å². The van der Waals surface area contributed by atoms with E-state index < -0.39 is 8.07 Å². The molecule has 0 spiro atoms. The van der Waals surface area contributed by atoms with E-state index in [0.29, 0.717) is 5.92 Å². The standard InChI is InChI=1S/C17H31NO2Si/c1-19-10-9-18-13-16(14-21(3,4)5)11-15-7-6-8-17(12-15)20-2/h6-8,12,16,18H,9-11,13-14H2,1-5H3. The summed E-state index contributed by atoms with van der Waals surface area (Å²) in [6.07, 6.45) is 1.11. The molecule has 1 aromatic rings. The Balaban J connectivity index is 2.61. The molecule has 1 N–H and O–H groups in total. The summed E-state index contributed by atoms with van der Waals surface area (Å²) in [5, 5.41) is 3.52. The van der Waals surface area contributed by atoms with Crippen LogP contribution in [0.5, 0.6) is 5.75 Å². The van der Waals surface area contributed by atoms with Crippen LogP contribution in [0.4, 0.5) is 0 Å². The largest absolute Gasteiger partial charge is 0.497 e. The number of hydrogen-bond acceptors (Lipinski definition) is 3. The van der Waals surface area contributed by atoms with E-state index in [4.69, 9.17) is 9.47 Å². The second-order valence-electron chi connectivity index (χ2n) is 6.88. The van der Waals surface area contributed by atoms with Crippen LogP contribution in [0.25, 0.3) is 0 Å². The summed E-state index contributed by atoms with van der Waals surface area (Å²) in [5.74, 6) is 1.63. The van der Waals surface area contributed by atoms with Crippen LogP contribution in [0.3, 0.4) is 0 Å². The van der Waals surface area contributed by atoms with E-state index >= 15 is 0 Å². The van der Waals surface area contributed by atoms with Crippen molar-refractivity contribution in [3.63, 3.8) is 0 Å². The lowest BCUT2D eigenvalue weighted by Gasteiger charge is -2.25. The third kappa shape index (κ3) is 8.24. The summed E-state index contributed by atoms with van der Waals surface area (Å²) in [4.78, 5) is 0. The zero-order chi connectivity index (χ0) is 15.7. The molecule has 1 aromatic carbocycles. The zero-order valence-electron chi connectivity index (χ0n) is 14.2. The van der Waals surface area contributed by atoms with Gasteiger partial charge in [-0.15, -0.1) is 0 Å². The van der Waals surface area contributed by atoms with Crippen molar-refractivity contribution in [3.8, 4) is 5.75 Å². The number of rotatable bonds is 10. The molecule has 0 amide bonds. The van der Waals surface area contributed by atoms with Crippen LogP contribution in [0.2, 0.25) is 25.7 Å². The van der Waals surface area contributed by atoms with Gasteiger partial charge in [-0.1, -0.05) is 37.8 Å². The highest BCUT2D eigenvalue weighted by molar-refractivity contribution is 6.76. The molecule has 0 fully saturated rings. The topological polar surface area (TPSA) is 30.5 Å². The highest BCUT2D eigenvalue weighted by atomic mass is 28.3. The quantitative estimate of drug-likeness (QED) is 0.530. The van der Waals surface area contributed by atoms with E-state index in [1.54, 1.807) is 14.2 Å². The van der Waals surface area contributed by atoms with Crippen molar-refractivity contribution in [1.82, 2.24) is 5.32 Å². The number of ether oxygens (including phenoxy) is 2. The number of nitrogens with one attached hydrogen (secondary N) is 1. The molecule has 0 aliphatic rings. The summed E-state index contributed by atoms with van der Waals surface area (Å²) < 4.78 is 10.4. The van der Waals surface area contributed by atoms with E-state index in [0.717, 1.165) is 31.9 Å². The Bertz CT molecular complexity index is 404. The molecule has 0 saturated carbocycles. The minimum atomic E-state index is -1.07. The third-order valence-electron chi connectivity index (χ3n) is 3.48. The first-order valence-electron chi connectivity index (χ1n) is 7.77. The molecule has 120 valence electrons. The van der Waals surface area contributed by atoms with Gasteiger partial charge in [-0.05, 0) is 36.6 Å². The van der Waals surface area contributed by atoms with Gasteiger partial charge in [0.2, 0.25) is 0 Å². The van der Waals surface area contributed by atoms with Gasteiger partial charge >= 0.3 is 0 Å². The minimum absolute atomic E-state index is 0.681. The molecule has 0 heterocycles. The first-order chi connectivity index (χ1) is 9.94. The van der Waals surface area contributed by atoms with Gasteiger partial charge in [0, 0.05) is 21.7 Å². The van der Waals surface area contributed by atoms with Crippen LogP contribution in [0, 0.1) is 5.92 Å². The summed E-state index contributed by atoms with van der Waals surface area (Å²) in [7, 11) is 2.41. The molecule has 1 atom stereocenters. The van der Waals surface area contributed by atoms with Gasteiger partial charge < -0.3 is 14.8 Å². The fourth-order valence-electron chi connectivity index (χ4n) is 2.70. The van der Waals surface area contributed by atoms with E-state index in [9.17, 15) is 0 Å². The second kappa shape index (κ2) is 9.23. The molecular formula is C17H31NO2Si. The van der Waals surface area contributed by atoms with Crippen LogP contribution in [-0.2, 0) is 11.2 Å². The van der Waals surface area contributed by atoms with Crippen molar-refractivity contribution in [2.24, 2.45) is 5.92 Å². The first-order valence-corrected chi connectivity index (χ1v) is 11.5. The van der Waals surface area contributed by atoms with Crippen molar-refractivity contribution < 1.29 is 9.47 Å². The van der Waals surface area contributed by atoms with Gasteiger partial charge in [-0.3, -0.25) is 0 Å². The van der Waals surface area contributed by atoms with Crippen molar-refractivity contribution in [3.05, 3.63) is 29.8 Å². The fraction of sp³-hybridized carbons (Fsp3) is 0.647. The predicted octanol–water partition coefficient (Wildman–Crippen LogP) is 3.43. The van der Waals surface area contributed by atoms with Gasteiger partial charge in [0.25, 0.3) is 0 Å². The monoisotopic (exact) mass is 309 g/mol.